The van der Waals surface area contributed by atoms with Crippen LogP contribution in [0.25, 0.3) is 0 Å². The number of anilines is 1. The molecular formula is C17H19Cl2NO. The first-order valence-electron chi connectivity index (χ1n) is 6.86. The third-order valence-electron chi connectivity index (χ3n) is 3.76. The average Bonchev–Trinajstić information content (AvgIpc) is 2.43. The molecule has 0 aliphatic rings. The highest BCUT2D eigenvalue weighted by atomic mass is 35.5. The molecule has 21 heavy (non-hydrogen) atoms. The molecule has 112 valence electrons. The van der Waals surface area contributed by atoms with Crippen LogP contribution in [0.3, 0.4) is 0 Å². The summed E-state index contributed by atoms with van der Waals surface area (Å²) < 4.78 is 5.78. The summed E-state index contributed by atoms with van der Waals surface area (Å²) in [4.78, 5) is 0. The van der Waals surface area contributed by atoms with Gasteiger partial charge in [0.1, 0.15) is 5.75 Å². The summed E-state index contributed by atoms with van der Waals surface area (Å²) in [6, 6.07) is 11.2. The SMILES string of the molecule is CCC(C)(C)c1ccc(Oc2c(Cl)cc(N)cc2Cl)cc1. The van der Waals surface area contributed by atoms with Gasteiger partial charge in [0.2, 0.25) is 0 Å². The molecule has 4 heteroatoms. The number of halogens is 2. The van der Waals surface area contributed by atoms with Crippen LogP contribution in [-0.2, 0) is 5.41 Å². The van der Waals surface area contributed by atoms with Crippen molar-refractivity contribution < 1.29 is 4.74 Å². The van der Waals surface area contributed by atoms with Crippen molar-refractivity contribution in [3.63, 3.8) is 0 Å². The van der Waals surface area contributed by atoms with Gasteiger partial charge in [-0.15, -0.1) is 0 Å². The van der Waals surface area contributed by atoms with Gasteiger partial charge in [-0.3, -0.25) is 0 Å². The van der Waals surface area contributed by atoms with Gasteiger partial charge < -0.3 is 10.5 Å². The molecule has 2 rings (SSSR count). The highest BCUT2D eigenvalue weighted by Crippen LogP contribution is 2.38. The zero-order valence-electron chi connectivity index (χ0n) is 12.4. The van der Waals surface area contributed by atoms with E-state index in [0.29, 0.717) is 27.2 Å². The second kappa shape index (κ2) is 6.17. The summed E-state index contributed by atoms with van der Waals surface area (Å²) in [7, 11) is 0. The molecule has 0 bridgehead atoms. The van der Waals surface area contributed by atoms with Gasteiger partial charge in [0.25, 0.3) is 0 Å². The number of benzene rings is 2. The Balaban J connectivity index is 2.26. The Morgan fingerprint density at radius 1 is 1.05 bits per heavy atom. The Bertz CT molecular complexity index is 613. The van der Waals surface area contributed by atoms with E-state index in [2.05, 4.69) is 32.9 Å². The second-order valence-corrected chi connectivity index (χ2v) is 6.49. The Labute approximate surface area is 135 Å². The van der Waals surface area contributed by atoms with Gasteiger partial charge in [-0.05, 0) is 41.7 Å². The summed E-state index contributed by atoms with van der Waals surface area (Å²) in [6.45, 7) is 6.62. The molecular weight excluding hydrogens is 305 g/mol. The highest BCUT2D eigenvalue weighted by Gasteiger charge is 2.18. The predicted molar refractivity (Wildman–Crippen MR) is 90.7 cm³/mol. The Hall–Kier alpha value is -1.38. The summed E-state index contributed by atoms with van der Waals surface area (Å²) in [6.07, 6.45) is 1.07. The molecule has 0 aliphatic heterocycles. The van der Waals surface area contributed by atoms with E-state index in [-0.39, 0.29) is 5.41 Å². The van der Waals surface area contributed by atoms with E-state index in [1.165, 1.54) is 5.56 Å². The zero-order valence-corrected chi connectivity index (χ0v) is 13.9. The predicted octanol–water partition coefficient (Wildman–Crippen LogP) is 6.06. The Morgan fingerprint density at radius 3 is 2.05 bits per heavy atom. The van der Waals surface area contributed by atoms with Crippen molar-refractivity contribution in [2.75, 3.05) is 5.73 Å². The van der Waals surface area contributed by atoms with Crippen LogP contribution in [0.4, 0.5) is 5.69 Å². The second-order valence-electron chi connectivity index (χ2n) is 5.68. The van der Waals surface area contributed by atoms with Crippen LogP contribution >= 0.6 is 23.2 Å². The molecule has 0 unspecified atom stereocenters. The standard InChI is InChI=1S/C17H19Cl2NO/c1-4-17(2,3)11-5-7-13(8-6-11)21-16-14(18)9-12(20)10-15(16)19/h5-10H,4,20H2,1-3H3. The maximum atomic E-state index is 6.12. The minimum Gasteiger partial charge on any atom is -0.454 e. The first-order valence-corrected chi connectivity index (χ1v) is 7.62. The van der Waals surface area contributed by atoms with Gasteiger partial charge in [-0.1, -0.05) is 56.1 Å². The molecule has 2 aromatic rings. The summed E-state index contributed by atoms with van der Waals surface area (Å²) >= 11 is 12.2. The molecule has 0 radical (unpaired) electrons. The van der Waals surface area contributed by atoms with Crippen LogP contribution in [0.5, 0.6) is 11.5 Å². The van der Waals surface area contributed by atoms with E-state index in [0.717, 1.165) is 6.42 Å². The molecule has 0 heterocycles. The summed E-state index contributed by atoms with van der Waals surface area (Å²) in [5, 5.41) is 0.802. The van der Waals surface area contributed by atoms with Crippen LogP contribution in [0, 0.1) is 0 Å². The maximum absolute atomic E-state index is 6.12. The van der Waals surface area contributed by atoms with Crippen molar-refractivity contribution in [2.45, 2.75) is 32.6 Å². The van der Waals surface area contributed by atoms with Crippen molar-refractivity contribution in [3.8, 4) is 11.5 Å². The minimum atomic E-state index is 0.148. The molecule has 2 N–H and O–H groups in total. The topological polar surface area (TPSA) is 35.2 Å². The van der Waals surface area contributed by atoms with E-state index in [9.17, 15) is 0 Å². The fourth-order valence-corrected chi connectivity index (χ4v) is 2.55. The van der Waals surface area contributed by atoms with Crippen LogP contribution in [-0.4, -0.2) is 0 Å². The third-order valence-corrected chi connectivity index (χ3v) is 4.32. The monoisotopic (exact) mass is 323 g/mol. The fraction of sp³-hybridized carbons (Fsp3) is 0.294. The van der Waals surface area contributed by atoms with E-state index < -0.39 is 0 Å². The molecule has 0 atom stereocenters. The van der Waals surface area contributed by atoms with Crippen LogP contribution < -0.4 is 10.5 Å². The first kappa shape index (κ1) is 16.0. The number of hydrogen-bond acceptors (Lipinski definition) is 2. The smallest absolute Gasteiger partial charge is 0.164 e. The molecule has 0 amide bonds. The van der Waals surface area contributed by atoms with Gasteiger partial charge in [0.15, 0.2) is 5.75 Å². The Morgan fingerprint density at radius 2 is 1.57 bits per heavy atom. The van der Waals surface area contributed by atoms with E-state index in [1.54, 1.807) is 12.1 Å². The molecule has 0 fully saturated rings. The molecule has 0 aromatic heterocycles. The molecule has 2 nitrogen and oxygen atoms in total. The van der Waals surface area contributed by atoms with Gasteiger partial charge >= 0.3 is 0 Å². The summed E-state index contributed by atoms with van der Waals surface area (Å²) in [5.41, 5.74) is 7.61. The van der Waals surface area contributed by atoms with E-state index in [4.69, 9.17) is 33.7 Å². The minimum absolute atomic E-state index is 0.148. The van der Waals surface area contributed by atoms with Gasteiger partial charge in [-0.25, -0.2) is 0 Å². The first-order chi connectivity index (χ1) is 9.83. The van der Waals surface area contributed by atoms with E-state index >= 15 is 0 Å². The van der Waals surface area contributed by atoms with Gasteiger partial charge in [-0.2, -0.15) is 0 Å². The molecule has 0 saturated heterocycles. The normalized spacial score (nSPS) is 11.5. The fourth-order valence-electron chi connectivity index (χ4n) is 1.97. The van der Waals surface area contributed by atoms with Crippen LogP contribution in [0.1, 0.15) is 32.8 Å². The van der Waals surface area contributed by atoms with Crippen molar-refractivity contribution in [3.05, 3.63) is 52.0 Å². The van der Waals surface area contributed by atoms with E-state index in [1.807, 2.05) is 12.1 Å². The third kappa shape index (κ3) is 3.63. The van der Waals surface area contributed by atoms with Gasteiger partial charge in [0, 0.05) is 5.69 Å². The largest absolute Gasteiger partial charge is 0.454 e. The lowest BCUT2D eigenvalue weighted by Crippen LogP contribution is -2.14. The molecule has 0 saturated carbocycles. The lowest BCUT2D eigenvalue weighted by molar-refractivity contribution is 0.478. The highest BCUT2D eigenvalue weighted by molar-refractivity contribution is 6.37. The summed E-state index contributed by atoms with van der Waals surface area (Å²) in [5.74, 6) is 1.12. The molecule has 2 aromatic carbocycles. The van der Waals surface area contributed by atoms with Crippen molar-refractivity contribution in [1.82, 2.24) is 0 Å². The van der Waals surface area contributed by atoms with Crippen LogP contribution in [0.15, 0.2) is 36.4 Å². The molecule has 0 spiro atoms. The number of nitrogen functional groups attached to an aromatic ring is 1. The number of rotatable bonds is 4. The average molecular weight is 324 g/mol. The van der Waals surface area contributed by atoms with Crippen molar-refractivity contribution in [1.29, 1.82) is 0 Å². The Kier molecular flexibility index (Phi) is 4.70. The van der Waals surface area contributed by atoms with Crippen molar-refractivity contribution in [2.24, 2.45) is 0 Å². The quantitative estimate of drug-likeness (QED) is 0.694. The maximum Gasteiger partial charge on any atom is 0.164 e. The lowest BCUT2D eigenvalue weighted by atomic mass is 9.82. The lowest BCUT2D eigenvalue weighted by Gasteiger charge is -2.23. The van der Waals surface area contributed by atoms with Gasteiger partial charge in [0.05, 0.1) is 10.0 Å². The number of hydrogen-bond donors (Lipinski definition) is 1. The number of ether oxygens (including phenoxy) is 1. The molecule has 0 aliphatic carbocycles. The number of nitrogens with two attached hydrogens (primary N) is 1. The van der Waals surface area contributed by atoms with Crippen molar-refractivity contribution >= 4 is 28.9 Å². The van der Waals surface area contributed by atoms with Crippen LogP contribution in [0.2, 0.25) is 10.0 Å². The zero-order chi connectivity index (χ0) is 15.6.